The van der Waals surface area contributed by atoms with Crippen LogP contribution in [0.15, 0.2) is 12.3 Å². The number of carbonyl (C=O) groups excluding carboxylic acids is 1. The number of pyridine rings is 1. The molecule has 0 radical (unpaired) electrons. The van der Waals surface area contributed by atoms with Crippen molar-refractivity contribution in [1.82, 2.24) is 4.98 Å². The minimum Gasteiger partial charge on any atom is -0.310 e. The van der Waals surface area contributed by atoms with Crippen LogP contribution >= 0.6 is 0 Å². The highest BCUT2D eigenvalue weighted by Gasteiger charge is 2.26. The molecule has 0 saturated carbocycles. The highest BCUT2D eigenvalue weighted by Crippen LogP contribution is 2.32. The van der Waals surface area contributed by atoms with E-state index in [2.05, 4.69) is 31.1 Å². The number of rotatable bonds is 0. The number of nitrogens with one attached hydrogen (secondary N) is 1. The summed E-state index contributed by atoms with van der Waals surface area (Å²) in [5.74, 6) is 0.784. The second-order valence-corrected chi connectivity index (χ2v) is 4.66. The van der Waals surface area contributed by atoms with Crippen LogP contribution in [0.4, 0.5) is 5.82 Å². The molecule has 0 aromatic carbocycles. The van der Waals surface area contributed by atoms with Gasteiger partial charge in [0.2, 0.25) is 5.91 Å². The van der Waals surface area contributed by atoms with Crippen LogP contribution in [0, 0.1) is 0 Å². The molecule has 2 heterocycles. The van der Waals surface area contributed by atoms with Crippen LogP contribution in [0.2, 0.25) is 0 Å². The zero-order chi connectivity index (χ0) is 10.3. The average Bonchev–Trinajstić information content (AvgIpc) is 2.41. The molecule has 74 valence electrons. The van der Waals surface area contributed by atoms with Gasteiger partial charge in [-0.1, -0.05) is 20.8 Å². The molecule has 0 bridgehead atoms. The van der Waals surface area contributed by atoms with Crippen molar-refractivity contribution in [3.8, 4) is 0 Å². The number of aromatic nitrogens is 1. The van der Waals surface area contributed by atoms with Gasteiger partial charge in [-0.05, 0) is 17.0 Å². The molecule has 1 aliphatic rings. The van der Waals surface area contributed by atoms with Crippen LogP contribution < -0.4 is 5.32 Å². The lowest BCUT2D eigenvalue weighted by Gasteiger charge is -2.21. The fourth-order valence-electron chi connectivity index (χ4n) is 1.82. The Morgan fingerprint density at radius 2 is 2.14 bits per heavy atom. The van der Waals surface area contributed by atoms with E-state index in [1.807, 2.05) is 6.07 Å². The number of anilines is 1. The summed E-state index contributed by atoms with van der Waals surface area (Å²) < 4.78 is 0. The van der Waals surface area contributed by atoms with Gasteiger partial charge in [0.1, 0.15) is 5.82 Å². The van der Waals surface area contributed by atoms with E-state index in [0.717, 1.165) is 11.4 Å². The van der Waals surface area contributed by atoms with E-state index in [1.54, 1.807) is 6.20 Å². The van der Waals surface area contributed by atoms with Gasteiger partial charge in [-0.3, -0.25) is 4.79 Å². The average molecular weight is 190 g/mol. The van der Waals surface area contributed by atoms with E-state index >= 15 is 0 Å². The second-order valence-electron chi connectivity index (χ2n) is 4.66. The summed E-state index contributed by atoms with van der Waals surface area (Å²) in [6.07, 6.45) is 2.22. The van der Waals surface area contributed by atoms with Crippen LogP contribution in [0.5, 0.6) is 0 Å². The Balaban J connectivity index is 2.55. The maximum Gasteiger partial charge on any atom is 0.230 e. The molecule has 0 saturated heterocycles. The van der Waals surface area contributed by atoms with E-state index < -0.39 is 0 Å². The smallest absolute Gasteiger partial charge is 0.230 e. The number of hydrogen-bond acceptors (Lipinski definition) is 2. The van der Waals surface area contributed by atoms with Crippen LogP contribution in [-0.2, 0) is 16.6 Å². The van der Waals surface area contributed by atoms with Gasteiger partial charge in [-0.25, -0.2) is 4.98 Å². The van der Waals surface area contributed by atoms with Crippen molar-refractivity contribution < 1.29 is 4.79 Å². The Kier molecular flexibility index (Phi) is 1.84. The molecule has 0 fully saturated rings. The normalized spacial score (nSPS) is 15.2. The third kappa shape index (κ3) is 1.39. The second kappa shape index (κ2) is 2.80. The van der Waals surface area contributed by atoms with E-state index in [0.29, 0.717) is 6.42 Å². The van der Waals surface area contributed by atoms with E-state index in [-0.39, 0.29) is 11.3 Å². The number of fused-ring (bicyclic) bond motifs is 1. The molecule has 0 unspecified atom stereocenters. The topological polar surface area (TPSA) is 42.0 Å². The zero-order valence-electron chi connectivity index (χ0n) is 8.72. The van der Waals surface area contributed by atoms with Crippen LogP contribution in [0.1, 0.15) is 31.9 Å². The third-order valence-corrected chi connectivity index (χ3v) is 2.46. The molecule has 3 nitrogen and oxygen atoms in total. The van der Waals surface area contributed by atoms with Crippen molar-refractivity contribution in [3.63, 3.8) is 0 Å². The van der Waals surface area contributed by atoms with Crippen molar-refractivity contribution in [2.45, 2.75) is 32.6 Å². The summed E-state index contributed by atoms with van der Waals surface area (Å²) in [6.45, 7) is 6.43. The lowest BCUT2D eigenvalue weighted by atomic mass is 9.84. The first-order valence-electron chi connectivity index (χ1n) is 4.77. The predicted octanol–water partition coefficient (Wildman–Crippen LogP) is 1.87. The first kappa shape index (κ1) is 9.19. The van der Waals surface area contributed by atoms with E-state index in [9.17, 15) is 4.79 Å². The number of amides is 1. The summed E-state index contributed by atoms with van der Waals surface area (Å²) in [7, 11) is 0. The maximum absolute atomic E-state index is 11.2. The molecule has 1 aromatic heterocycles. The zero-order valence-corrected chi connectivity index (χ0v) is 8.72. The molecule has 0 spiro atoms. The van der Waals surface area contributed by atoms with E-state index in [4.69, 9.17) is 0 Å². The lowest BCUT2D eigenvalue weighted by Crippen LogP contribution is -2.14. The predicted molar refractivity (Wildman–Crippen MR) is 55.3 cm³/mol. The minimum absolute atomic E-state index is 0.0456. The van der Waals surface area contributed by atoms with Gasteiger partial charge in [0, 0.05) is 11.8 Å². The molecule has 1 amide bonds. The summed E-state index contributed by atoms with van der Waals surface area (Å²) in [5.41, 5.74) is 2.34. The van der Waals surface area contributed by atoms with Gasteiger partial charge in [-0.2, -0.15) is 0 Å². The van der Waals surface area contributed by atoms with Crippen molar-refractivity contribution >= 4 is 11.7 Å². The Hall–Kier alpha value is -1.38. The molecule has 2 rings (SSSR count). The third-order valence-electron chi connectivity index (χ3n) is 2.46. The summed E-state index contributed by atoms with van der Waals surface area (Å²) in [6, 6.07) is 2.00. The molecule has 1 aromatic rings. The Morgan fingerprint density at radius 3 is 2.79 bits per heavy atom. The Morgan fingerprint density at radius 1 is 1.43 bits per heavy atom. The van der Waals surface area contributed by atoms with Crippen LogP contribution in [-0.4, -0.2) is 10.9 Å². The van der Waals surface area contributed by atoms with E-state index in [1.165, 1.54) is 5.56 Å². The van der Waals surface area contributed by atoms with Crippen LogP contribution in [0.25, 0.3) is 0 Å². The van der Waals surface area contributed by atoms with Gasteiger partial charge in [0.15, 0.2) is 0 Å². The molecular formula is C11H14N2O. The van der Waals surface area contributed by atoms with Crippen molar-refractivity contribution in [2.75, 3.05) is 5.32 Å². The lowest BCUT2D eigenvalue weighted by molar-refractivity contribution is -0.115. The highest BCUT2D eigenvalue weighted by atomic mass is 16.1. The van der Waals surface area contributed by atoms with Crippen molar-refractivity contribution in [2.24, 2.45) is 0 Å². The fraction of sp³-hybridized carbons (Fsp3) is 0.455. The first-order valence-corrected chi connectivity index (χ1v) is 4.77. The van der Waals surface area contributed by atoms with Gasteiger partial charge in [0.25, 0.3) is 0 Å². The first-order chi connectivity index (χ1) is 6.48. The van der Waals surface area contributed by atoms with Gasteiger partial charge in [0.05, 0.1) is 6.42 Å². The van der Waals surface area contributed by atoms with Crippen molar-refractivity contribution in [3.05, 3.63) is 23.4 Å². The molecule has 14 heavy (non-hydrogen) atoms. The Labute approximate surface area is 83.5 Å². The Bertz CT molecular complexity index is 391. The fourth-order valence-corrected chi connectivity index (χ4v) is 1.82. The maximum atomic E-state index is 11.2. The number of nitrogens with zero attached hydrogens (tertiary/aromatic N) is 1. The summed E-state index contributed by atoms with van der Waals surface area (Å²) >= 11 is 0. The highest BCUT2D eigenvalue weighted by molar-refractivity contribution is 5.98. The SMILES string of the molecule is CC(C)(C)c1ccnc2c1CC(=O)N2. The number of hydrogen-bond donors (Lipinski definition) is 1. The van der Waals surface area contributed by atoms with Crippen LogP contribution in [0.3, 0.4) is 0 Å². The standard InChI is InChI=1S/C11H14N2O/c1-11(2,3)8-4-5-12-10-7(8)6-9(14)13-10/h4-5H,6H2,1-3H3,(H,12,13,14). The largest absolute Gasteiger partial charge is 0.310 e. The molecule has 0 atom stereocenters. The number of carbonyl (C=O) groups is 1. The summed E-state index contributed by atoms with van der Waals surface area (Å²) in [4.78, 5) is 15.4. The molecule has 1 N–H and O–H groups in total. The molecule has 0 aliphatic carbocycles. The molecule has 1 aliphatic heterocycles. The molecular weight excluding hydrogens is 176 g/mol. The van der Waals surface area contributed by atoms with Gasteiger partial charge >= 0.3 is 0 Å². The minimum atomic E-state index is 0.0456. The van der Waals surface area contributed by atoms with Crippen molar-refractivity contribution in [1.29, 1.82) is 0 Å². The summed E-state index contributed by atoms with van der Waals surface area (Å²) in [5, 5.41) is 2.76. The van der Waals surface area contributed by atoms with Gasteiger partial charge in [-0.15, -0.1) is 0 Å². The van der Waals surface area contributed by atoms with Gasteiger partial charge < -0.3 is 5.32 Å². The quantitative estimate of drug-likeness (QED) is 0.678. The monoisotopic (exact) mass is 190 g/mol. The molecule has 3 heteroatoms.